The third-order valence-corrected chi connectivity index (χ3v) is 4.02. The van der Waals surface area contributed by atoms with Crippen molar-refractivity contribution in [3.8, 4) is 0 Å². The van der Waals surface area contributed by atoms with Crippen LogP contribution in [0.25, 0.3) is 4.91 Å². The van der Waals surface area contributed by atoms with Gasteiger partial charge in [0, 0.05) is 15.7 Å². The van der Waals surface area contributed by atoms with Crippen LogP contribution in [0.3, 0.4) is 0 Å². The summed E-state index contributed by atoms with van der Waals surface area (Å²) in [6.45, 7) is 4.00. The molecule has 0 aliphatic heterocycles. The summed E-state index contributed by atoms with van der Waals surface area (Å²) < 4.78 is 0. The SMILES string of the molecule is C=C(S/C(CCCCl)=C(\N)C(=O)Cl)c1ccccc1. The molecule has 1 aromatic rings. The molecule has 0 saturated carbocycles. The summed E-state index contributed by atoms with van der Waals surface area (Å²) in [5.74, 6) is 0.506. The lowest BCUT2D eigenvalue weighted by Crippen LogP contribution is -2.08. The number of nitrogens with two attached hydrogens (primary N) is 1. The highest BCUT2D eigenvalue weighted by Crippen LogP contribution is 2.35. The maximum atomic E-state index is 11.2. The van der Waals surface area contributed by atoms with Gasteiger partial charge in [0.05, 0.1) is 0 Å². The lowest BCUT2D eigenvalue weighted by molar-refractivity contribution is -0.108. The van der Waals surface area contributed by atoms with Crippen molar-refractivity contribution in [2.75, 3.05) is 5.88 Å². The Kier molecular flexibility index (Phi) is 7.06. The van der Waals surface area contributed by atoms with Gasteiger partial charge in [0.1, 0.15) is 5.70 Å². The highest BCUT2D eigenvalue weighted by molar-refractivity contribution is 8.11. The average Bonchev–Trinajstić information content (AvgIpc) is 2.43. The first-order chi connectivity index (χ1) is 9.06. The van der Waals surface area contributed by atoms with Gasteiger partial charge in [-0.3, -0.25) is 4.79 Å². The second kappa shape index (κ2) is 8.31. The molecule has 1 aromatic carbocycles. The van der Waals surface area contributed by atoms with E-state index in [1.165, 1.54) is 11.8 Å². The van der Waals surface area contributed by atoms with Crippen molar-refractivity contribution in [3.63, 3.8) is 0 Å². The fraction of sp³-hybridized carbons (Fsp3) is 0.214. The fourth-order valence-electron chi connectivity index (χ4n) is 1.41. The molecule has 0 heterocycles. The number of benzene rings is 1. The molecule has 0 aliphatic rings. The van der Waals surface area contributed by atoms with Crippen molar-refractivity contribution >= 4 is 45.1 Å². The average molecular weight is 316 g/mol. The maximum absolute atomic E-state index is 11.2. The van der Waals surface area contributed by atoms with Crippen molar-refractivity contribution in [2.24, 2.45) is 5.73 Å². The van der Waals surface area contributed by atoms with Crippen LogP contribution >= 0.6 is 35.0 Å². The van der Waals surface area contributed by atoms with E-state index in [1.807, 2.05) is 30.3 Å². The Morgan fingerprint density at radius 1 is 1.32 bits per heavy atom. The maximum Gasteiger partial charge on any atom is 0.268 e. The number of alkyl halides is 1. The van der Waals surface area contributed by atoms with Gasteiger partial charge < -0.3 is 5.73 Å². The first-order valence-electron chi connectivity index (χ1n) is 5.73. The molecule has 0 fully saturated rings. The molecule has 19 heavy (non-hydrogen) atoms. The van der Waals surface area contributed by atoms with Crippen LogP contribution < -0.4 is 5.73 Å². The Balaban J connectivity index is 2.87. The minimum atomic E-state index is -0.641. The number of allylic oxidation sites excluding steroid dienone is 2. The molecule has 0 radical (unpaired) electrons. The molecule has 2 nitrogen and oxygen atoms in total. The smallest absolute Gasteiger partial charge is 0.268 e. The van der Waals surface area contributed by atoms with Crippen molar-refractivity contribution in [2.45, 2.75) is 12.8 Å². The van der Waals surface area contributed by atoms with Crippen LogP contribution in [-0.2, 0) is 4.79 Å². The van der Waals surface area contributed by atoms with Crippen LogP contribution in [0, 0.1) is 0 Å². The van der Waals surface area contributed by atoms with Gasteiger partial charge >= 0.3 is 0 Å². The quantitative estimate of drug-likeness (QED) is 0.462. The van der Waals surface area contributed by atoms with E-state index in [0.717, 1.165) is 21.8 Å². The Morgan fingerprint density at radius 3 is 2.47 bits per heavy atom. The predicted octanol–water partition coefficient (Wildman–Crippen LogP) is 4.35. The van der Waals surface area contributed by atoms with E-state index in [0.29, 0.717) is 12.3 Å². The monoisotopic (exact) mass is 315 g/mol. The van der Waals surface area contributed by atoms with E-state index < -0.39 is 5.24 Å². The van der Waals surface area contributed by atoms with Gasteiger partial charge in [-0.05, 0) is 30.0 Å². The summed E-state index contributed by atoms with van der Waals surface area (Å²) >= 11 is 12.5. The van der Waals surface area contributed by atoms with E-state index in [1.54, 1.807) is 0 Å². The first-order valence-corrected chi connectivity index (χ1v) is 7.45. The summed E-state index contributed by atoms with van der Waals surface area (Å²) in [5.41, 5.74) is 6.79. The number of hydrogen-bond donors (Lipinski definition) is 1. The number of carbonyl (C=O) groups is 1. The van der Waals surface area contributed by atoms with Crippen molar-refractivity contribution in [1.82, 2.24) is 0 Å². The molecule has 0 unspecified atom stereocenters. The van der Waals surface area contributed by atoms with Gasteiger partial charge in [0.25, 0.3) is 5.24 Å². The van der Waals surface area contributed by atoms with E-state index in [4.69, 9.17) is 28.9 Å². The molecule has 0 atom stereocenters. The highest BCUT2D eigenvalue weighted by Gasteiger charge is 2.12. The lowest BCUT2D eigenvalue weighted by Gasteiger charge is -2.11. The third kappa shape index (κ3) is 5.31. The summed E-state index contributed by atoms with van der Waals surface area (Å²) in [5, 5.41) is -0.641. The van der Waals surface area contributed by atoms with Crippen molar-refractivity contribution in [3.05, 3.63) is 53.1 Å². The topological polar surface area (TPSA) is 43.1 Å². The summed E-state index contributed by atoms with van der Waals surface area (Å²) in [7, 11) is 0. The molecule has 2 N–H and O–H groups in total. The molecular formula is C14H15Cl2NOS. The number of rotatable bonds is 7. The molecule has 0 aromatic heterocycles. The van der Waals surface area contributed by atoms with Crippen molar-refractivity contribution < 1.29 is 4.79 Å². The van der Waals surface area contributed by atoms with Crippen LogP contribution in [0.15, 0.2) is 47.5 Å². The van der Waals surface area contributed by atoms with Gasteiger partial charge in [-0.15, -0.1) is 11.6 Å². The molecule has 1 rings (SSSR count). The minimum absolute atomic E-state index is 0.0777. The van der Waals surface area contributed by atoms with E-state index >= 15 is 0 Å². The highest BCUT2D eigenvalue weighted by atomic mass is 35.5. The Hall–Kier alpha value is -0.900. The molecule has 0 aliphatic carbocycles. The van der Waals surface area contributed by atoms with Crippen LogP contribution in [0.1, 0.15) is 18.4 Å². The standard InChI is InChI=1S/C14H15Cl2NOS/c1-10(11-6-3-2-4-7-11)19-12(8-5-9-15)13(17)14(16)18/h2-4,6-7H,1,5,8-9,17H2/b13-12-. The normalized spacial score (nSPS) is 11.9. The van der Waals surface area contributed by atoms with Gasteiger partial charge in [-0.2, -0.15) is 0 Å². The van der Waals surface area contributed by atoms with E-state index in [2.05, 4.69) is 6.58 Å². The number of carbonyl (C=O) groups excluding carboxylic acids is 1. The van der Waals surface area contributed by atoms with Crippen LogP contribution in [0.5, 0.6) is 0 Å². The summed E-state index contributed by atoms with van der Waals surface area (Å²) in [6.07, 6.45) is 1.35. The Labute approximate surface area is 127 Å². The Morgan fingerprint density at radius 2 is 1.95 bits per heavy atom. The molecule has 0 spiro atoms. The predicted molar refractivity (Wildman–Crippen MR) is 85.1 cm³/mol. The van der Waals surface area contributed by atoms with Crippen molar-refractivity contribution in [1.29, 1.82) is 0 Å². The minimum Gasteiger partial charge on any atom is -0.394 e. The van der Waals surface area contributed by atoms with E-state index in [9.17, 15) is 4.79 Å². The zero-order chi connectivity index (χ0) is 14.3. The lowest BCUT2D eigenvalue weighted by atomic mass is 10.2. The van der Waals surface area contributed by atoms with Gasteiger partial charge in [0.2, 0.25) is 0 Å². The fourth-order valence-corrected chi connectivity index (χ4v) is 2.71. The third-order valence-electron chi connectivity index (χ3n) is 2.39. The first kappa shape index (κ1) is 16.2. The molecular weight excluding hydrogens is 301 g/mol. The largest absolute Gasteiger partial charge is 0.394 e. The second-order valence-corrected chi connectivity index (χ2v) is 5.71. The van der Waals surface area contributed by atoms with Gasteiger partial charge in [-0.1, -0.05) is 48.7 Å². The summed E-state index contributed by atoms with van der Waals surface area (Å²) in [4.78, 5) is 12.7. The zero-order valence-corrected chi connectivity index (χ0v) is 12.7. The van der Waals surface area contributed by atoms with Gasteiger partial charge in [0.15, 0.2) is 0 Å². The zero-order valence-electron chi connectivity index (χ0n) is 10.4. The van der Waals surface area contributed by atoms with Crippen LogP contribution in [0.2, 0.25) is 0 Å². The molecule has 5 heteroatoms. The van der Waals surface area contributed by atoms with Gasteiger partial charge in [-0.25, -0.2) is 0 Å². The van der Waals surface area contributed by atoms with Crippen LogP contribution in [0.4, 0.5) is 0 Å². The molecule has 0 saturated heterocycles. The number of thioether (sulfide) groups is 1. The molecule has 0 amide bonds. The summed E-state index contributed by atoms with van der Waals surface area (Å²) in [6, 6.07) is 9.70. The number of hydrogen-bond acceptors (Lipinski definition) is 3. The molecule has 102 valence electrons. The molecule has 0 bridgehead atoms. The Bertz CT molecular complexity index is 485. The number of halogens is 2. The second-order valence-electron chi connectivity index (χ2n) is 3.79. The van der Waals surface area contributed by atoms with Crippen LogP contribution in [-0.4, -0.2) is 11.1 Å². The van der Waals surface area contributed by atoms with E-state index in [-0.39, 0.29) is 5.70 Å².